The maximum atomic E-state index is 16.5. The normalized spacial score (nSPS) is 13.9. The highest BCUT2D eigenvalue weighted by molar-refractivity contribution is 9.10. The third-order valence-electron chi connectivity index (χ3n) is 8.51. The monoisotopic (exact) mass is 708 g/mol. The Kier molecular flexibility index (Phi) is 12.5. The predicted molar refractivity (Wildman–Crippen MR) is 185 cm³/mol. The number of rotatable bonds is 16. The minimum Gasteiger partial charge on any atom is -0.466 e. The molecule has 3 aromatic rings. The van der Waals surface area contributed by atoms with E-state index in [0.717, 1.165) is 43.2 Å². The maximum Gasteiger partial charge on any atom is 0.308 e. The highest BCUT2D eigenvalue weighted by Crippen LogP contribution is 2.45. The number of benzene rings is 2. The Labute approximate surface area is 284 Å². The summed E-state index contributed by atoms with van der Waals surface area (Å²) >= 11 is 3.40. The van der Waals surface area contributed by atoms with Crippen LogP contribution in [0.25, 0.3) is 11.1 Å². The number of halogens is 3. The number of carbonyl (C=O) groups excluding carboxylic acids is 2. The molecule has 0 aliphatic heterocycles. The summed E-state index contributed by atoms with van der Waals surface area (Å²) < 4.78 is 38.4. The molecule has 9 heteroatoms. The van der Waals surface area contributed by atoms with Gasteiger partial charge in [0.15, 0.2) is 0 Å². The van der Waals surface area contributed by atoms with Crippen molar-refractivity contribution in [2.45, 2.75) is 90.1 Å². The van der Waals surface area contributed by atoms with Gasteiger partial charge in [-0.3, -0.25) is 14.4 Å². The van der Waals surface area contributed by atoms with Crippen molar-refractivity contribution < 1.29 is 23.1 Å². The average Bonchev–Trinajstić information content (AvgIpc) is 3.85. The van der Waals surface area contributed by atoms with Gasteiger partial charge in [-0.25, -0.2) is 8.78 Å². The van der Waals surface area contributed by atoms with Crippen molar-refractivity contribution in [3.05, 3.63) is 116 Å². The number of hydrogen-bond donors (Lipinski definition) is 1. The molecule has 0 bridgehead atoms. The van der Waals surface area contributed by atoms with E-state index in [1.54, 1.807) is 26.0 Å². The number of pyridine rings is 1. The molecule has 1 amide bonds. The van der Waals surface area contributed by atoms with E-state index in [2.05, 4.69) is 34.4 Å². The van der Waals surface area contributed by atoms with Gasteiger partial charge in [-0.2, -0.15) is 0 Å². The molecule has 0 radical (unpaired) electrons. The summed E-state index contributed by atoms with van der Waals surface area (Å²) in [4.78, 5) is 40.0. The van der Waals surface area contributed by atoms with E-state index in [4.69, 9.17) is 4.74 Å². The lowest BCUT2D eigenvalue weighted by Gasteiger charge is -2.26. The molecule has 1 fully saturated rings. The van der Waals surface area contributed by atoms with Gasteiger partial charge in [0.2, 0.25) is 5.91 Å². The lowest BCUT2D eigenvalue weighted by molar-refractivity contribution is -0.144. The van der Waals surface area contributed by atoms with Crippen LogP contribution in [-0.4, -0.2) is 23.1 Å². The summed E-state index contributed by atoms with van der Waals surface area (Å²) in [6.45, 7) is 12.8. The molecule has 1 aliphatic carbocycles. The number of ether oxygens (including phenoxy) is 1. The molecule has 2 aromatic carbocycles. The van der Waals surface area contributed by atoms with Crippen LogP contribution in [0.4, 0.5) is 8.78 Å². The van der Waals surface area contributed by atoms with Crippen LogP contribution in [0.3, 0.4) is 0 Å². The number of nitrogens with one attached hydrogen (secondary N) is 1. The minimum atomic E-state index is -1.10. The first kappa shape index (κ1) is 36.0. The van der Waals surface area contributed by atoms with Crippen LogP contribution in [-0.2, 0) is 20.7 Å². The minimum absolute atomic E-state index is 0.00109. The maximum absolute atomic E-state index is 16.5. The van der Waals surface area contributed by atoms with Crippen LogP contribution in [0.2, 0.25) is 0 Å². The number of esters is 1. The van der Waals surface area contributed by atoms with Crippen LogP contribution in [0.15, 0.2) is 71.1 Å². The molecule has 4 rings (SSSR count). The molecule has 6 nitrogen and oxygen atoms in total. The second-order valence-corrected chi connectivity index (χ2v) is 13.1. The Hall–Kier alpha value is -3.85. The van der Waals surface area contributed by atoms with E-state index in [1.165, 1.54) is 29.0 Å². The molecular weight excluding hydrogens is 666 g/mol. The standard InChI is InChI=1S/C38H43BrF2N2O4/c1-6-9-10-11-13-26-18-29(40)17-23(4)35(26)27-19-30(25-14-15-25)36(41)31(20-27)32(21-34(44)47-8-3)42-37(45)33(12-7-2)43-22-28(39)16-24(5)38(43)46/h6-7,16-20,22,25,32-33H,1-2,8-15,21H2,3-5H3,(H,42,45)/t32-,33-/m0/s1. The molecule has 250 valence electrons. The first-order valence-corrected chi connectivity index (χ1v) is 17.0. The summed E-state index contributed by atoms with van der Waals surface area (Å²) in [7, 11) is 0. The molecule has 1 aliphatic rings. The largest absolute Gasteiger partial charge is 0.466 e. The Morgan fingerprint density at radius 2 is 1.83 bits per heavy atom. The average molecular weight is 710 g/mol. The van der Waals surface area contributed by atoms with E-state index in [9.17, 15) is 18.8 Å². The Morgan fingerprint density at radius 1 is 1.09 bits per heavy atom. The summed E-state index contributed by atoms with van der Waals surface area (Å²) in [5, 5.41) is 2.89. The van der Waals surface area contributed by atoms with E-state index < -0.39 is 29.8 Å². The second-order valence-electron chi connectivity index (χ2n) is 12.2. The Balaban J connectivity index is 1.84. The van der Waals surface area contributed by atoms with Gasteiger partial charge in [-0.15, -0.1) is 13.2 Å². The summed E-state index contributed by atoms with van der Waals surface area (Å²) in [6.07, 6.45) is 9.56. The van der Waals surface area contributed by atoms with Gasteiger partial charge in [0.1, 0.15) is 17.7 Å². The van der Waals surface area contributed by atoms with Crippen molar-refractivity contribution >= 4 is 27.8 Å². The predicted octanol–water partition coefficient (Wildman–Crippen LogP) is 8.88. The first-order chi connectivity index (χ1) is 22.5. The van der Waals surface area contributed by atoms with Gasteiger partial charge in [0.25, 0.3) is 5.56 Å². The van der Waals surface area contributed by atoms with Crippen LogP contribution in [0, 0.1) is 25.5 Å². The van der Waals surface area contributed by atoms with Gasteiger partial charge in [0.05, 0.1) is 19.1 Å². The van der Waals surface area contributed by atoms with Crippen molar-refractivity contribution in [3.8, 4) is 11.1 Å². The van der Waals surface area contributed by atoms with Gasteiger partial charge in [-0.05, 0) is 146 Å². The SMILES string of the molecule is C=CCCCCc1cc(F)cc(C)c1-c1cc(C2CC2)c(F)c([C@H](CC(=O)OCC)NC(=O)[C@H](CC=C)n2cc(Br)cc(C)c2=O)c1. The number of unbranched alkanes of at least 4 members (excludes halogenated alkanes) is 2. The zero-order chi connectivity index (χ0) is 34.2. The Morgan fingerprint density at radius 3 is 2.49 bits per heavy atom. The van der Waals surface area contributed by atoms with E-state index in [0.29, 0.717) is 33.1 Å². The lowest BCUT2D eigenvalue weighted by Crippen LogP contribution is -2.40. The number of aromatic nitrogens is 1. The molecule has 0 saturated heterocycles. The van der Waals surface area contributed by atoms with Crippen molar-refractivity contribution in [1.82, 2.24) is 9.88 Å². The molecule has 1 aromatic heterocycles. The quantitative estimate of drug-likeness (QED) is 0.0916. The van der Waals surface area contributed by atoms with E-state index in [1.807, 2.05) is 19.1 Å². The van der Waals surface area contributed by atoms with Crippen molar-refractivity contribution in [2.75, 3.05) is 6.61 Å². The van der Waals surface area contributed by atoms with Crippen molar-refractivity contribution in [1.29, 1.82) is 0 Å². The molecule has 1 N–H and O–H groups in total. The number of carbonyl (C=O) groups is 2. The van der Waals surface area contributed by atoms with Gasteiger partial charge < -0.3 is 14.6 Å². The molecule has 1 heterocycles. The molecular formula is C38H43BrF2N2O4. The third-order valence-corrected chi connectivity index (χ3v) is 8.94. The molecule has 47 heavy (non-hydrogen) atoms. The number of allylic oxidation sites excluding steroid dienone is 2. The fourth-order valence-corrected chi connectivity index (χ4v) is 6.68. The fourth-order valence-electron chi connectivity index (χ4n) is 6.12. The van der Waals surface area contributed by atoms with Crippen molar-refractivity contribution in [3.63, 3.8) is 0 Å². The van der Waals surface area contributed by atoms with Crippen LogP contribution in [0.5, 0.6) is 0 Å². The van der Waals surface area contributed by atoms with Crippen LogP contribution in [0.1, 0.15) is 97.7 Å². The summed E-state index contributed by atoms with van der Waals surface area (Å²) in [5.74, 6) is -2.01. The zero-order valence-electron chi connectivity index (χ0n) is 27.3. The topological polar surface area (TPSA) is 77.4 Å². The number of amides is 1. The first-order valence-electron chi connectivity index (χ1n) is 16.2. The third kappa shape index (κ3) is 8.95. The second kappa shape index (κ2) is 16.3. The highest BCUT2D eigenvalue weighted by Gasteiger charge is 2.33. The molecule has 0 spiro atoms. The smallest absolute Gasteiger partial charge is 0.308 e. The van der Waals surface area contributed by atoms with E-state index >= 15 is 4.39 Å². The van der Waals surface area contributed by atoms with Crippen LogP contribution < -0.4 is 10.9 Å². The number of aryl methyl sites for hydroxylation is 3. The van der Waals surface area contributed by atoms with Gasteiger partial charge >= 0.3 is 5.97 Å². The molecule has 0 unspecified atom stereocenters. The summed E-state index contributed by atoms with van der Waals surface area (Å²) in [5.41, 5.74) is 3.77. The van der Waals surface area contributed by atoms with Gasteiger partial charge in [-0.1, -0.05) is 12.2 Å². The van der Waals surface area contributed by atoms with E-state index in [-0.39, 0.29) is 42.3 Å². The molecule has 2 atom stereocenters. The summed E-state index contributed by atoms with van der Waals surface area (Å²) in [6, 6.07) is 6.05. The van der Waals surface area contributed by atoms with Crippen molar-refractivity contribution in [2.24, 2.45) is 0 Å². The zero-order valence-corrected chi connectivity index (χ0v) is 28.9. The Bertz CT molecular complexity index is 1710. The highest BCUT2D eigenvalue weighted by atomic mass is 79.9. The number of nitrogens with zero attached hydrogens (tertiary/aromatic N) is 1. The van der Waals surface area contributed by atoms with Crippen LogP contribution >= 0.6 is 15.9 Å². The number of hydrogen-bond acceptors (Lipinski definition) is 4. The lowest BCUT2D eigenvalue weighted by atomic mass is 9.87. The van der Waals surface area contributed by atoms with Gasteiger partial charge in [0, 0.05) is 21.8 Å². The fraction of sp³-hybridized carbons (Fsp3) is 0.395. The molecule has 1 saturated carbocycles.